The molecule has 0 fully saturated rings. The Bertz CT molecular complexity index is 422. The average molecular weight is 238 g/mol. The van der Waals surface area contributed by atoms with Crippen molar-refractivity contribution in [2.75, 3.05) is 6.61 Å². The van der Waals surface area contributed by atoms with Gasteiger partial charge in [0.25, 0.3) is 0 Å². The summed E-state index contributed by atoms with van der Waals surface area (Å²) in [4.78, 5) is 16.7. The molecule has 0 bridgehead atoms. The molecule has 0 saturated heterocycles. The Kier molecular flexibility index (Phi) is 4.02. The number of carbonyl (C=O) groups is 1. The highest BCUT2D eigenvalue weighted by Crippen LogP contribution is 2.26. The monoisotopic (exact) mass is 238 g/mol. The molecular weight excluding hydrogens is 224 g/mol. The van der Waals surface area contributed by atoms with Crippen LogP contribution in [0.1, 0.15) is 23.7 Å². The number of aromatic nitrogens is 1. The highest BCUT2D eigenvalue weighted by molar-refractivity contribution is 7.11. The first-order valence-electron chi connectivity index (χ1n) is 5.01. The van der Waals surface area contributed by atoms with Crippen LogP contribution in [0.25, 0.3) is 0 Å². The van der Waals surface area contributed by atoms with E-state index in [0.29, 0.717) is 6.42 Å². The molecule has 1 unspecified atom stereocenters. The molecule has 4 nitrogen and oxygen atoms in total. The second-order valence-corrected chi connectivity index (χ2v) is 5.01. The molecule has 0 N–H and O–H groups in total. The Labute approximate surface area is 98.9 Å². The van der Waals surface area contributed by atoms with Gasteiger partial charge in [-0.05, 0) is 20.8 Å². The summed E-state index contributed by atoms with van der Waals surface area (Å²) in [5.74, 6) is -0.469. The normalized spacial score (nSPS) is 13.9. The average Bonchev–Trinajstić information content (AvgIpc) is 2.64. The molecule has 0 amide bonds. The van der Waals surface area contributed by atoms with Gasteiger partial charge in [-0.3, -0.25) is 4.79 Å². The number of ether oxygens (including phenoxy) is 1. The van der Waals surface area contributed by atoms with Crippen LogP contribution in [-0.2, 0) is 16.0 Å². The number of esters is 1. The number of hydrogen-bond donors (Lipinski definition) is 0. The molecule has 5 heteroatoms. The molecule has 0 radical (unpaired) electrons. The van der Waals surface area contributed by atoms with E-state index >= 15 is 0 Å². The number of hydrogen-bond acceptors (Lipinski definition) is 5. The lowest BCUT2D eigenvalue weighted by Crippen LogP contribution is -2.30. The van der Waals surface area contributed by atoms with Gasteiger partial charge in [-0.15, -0.1) is 11.3 Å². The first-order valence-corrected chi connectivity index (χ1v) is 5.83. The highest BCUT2D eigenvalue weighted by atomic mass is 32.1. The molecule has 0 aliphatic rings. The fourth-order valence-corrected chi connectivity index (χ4v) is 2.23. The maximum Gasteiger partial charge on any atom is 0.326 e. The standard InChI is InChI=1S/C11H14N2O2S/c1-4-15-10(14)11(3,7-12)5-9-6-13-8(2)16-9/h6H,4-5H2,1-3H3. The Hall–Kier alpha value is -1.41. The lowest BCUT2D eigenvalue weighted by Gasteiger charge is -2.17. The van der Waals surface area contributed by atoms with Crippen molar-refractivity contribution in [3.05, 3.63) is 16.1 Å². The lowest BCUT2D eigenvalue weighted by atomic mass is 9.88. The topological polar surface area (TPSA) is 63.0 Å². The molecule has 0 aliphatic carbocycles. The van der Waals surface area contributed by atoms with Crippen LogP contribution in [0.3, 0.4) is 0 Å². The number of nitriles is 1. The van der Waals surface area contributed by atoms with Gasteiger partial charge in [0.05, 0.1) is 17.7 Å². The first kappa shape index (κ1) is 12.7. The van der Waals surface area contributed by atoms with E-state index in [-0.39, 0.29) is 6.61 Å². The molecule has 86 valence electrons. The van der Waals surface area contributed by atoms with Crippen LogP contribution in [0.15, 0.2) is 6.20 Å². The van der Waals surface area contributed by atoms with Crippen LogP contribution >= 0.6 is 11.3 Å². The minimum absolute atomic E-state index is 0.290. The quantitative estimate of drug-likeness (QED) is 0.753. The second kappa shape index (κ2) is 5.08. The van der Waals surface area contributed by atoms with Crippen molar-refractivity contribution >= 4 is 17.3 Å². The van der Waals surface area contributed by atoms with E-state index < -0.39 is 11.4 Å². The van der Waals surface area contributed by atoms with E-state index in [4.69, 9.17) is 10.00 Å². The number of nitrogens with zero attached hydrogens (tertiary/aromatic N) is 2. The third-order valence-corrected chi connectivity index (χ3v) is 3.08. The number of carbonyl (C=O) groups excluding carboxylic acids is 1. The van der Waals surface area contributed by atoms with E-state index in [9.17, 15) is 4.79 Å². The van der Waals surface area contributed by atoms with E-state index in [2.05, 4.69) is 4.98 Å². The molecule has 0 aliphatic heterocycles. The molecule has 1 aromatic heterocycles. The second-order valence-electron chi connectivity index (χ2n) is 3.69. The summed E-state index contributed by atoms with van der Waals surface area (Å²) >= 11 is 1.50. The van der Waals surface area contributed by atoms with Crippen molar-refractivity contribution in [1.29, 1.82) is 5.26 Å². The molecular formula is C11H14N2O2S. The fraction of sp³-hybridized carbons (Fsp3) is 0.545. The molecule has 16 heavy (non-hydrogen) atoms. The number of rotatable bonds is 4. The minimum atomic E-state index is -1.12. The third kappa shape index (κ3) is 2.80. The van der Waals surface area contributed by atoms with Crippen LogP contribution in [-0.4, -0.2) is 17.6 Å². The molecule has 0 spiro atoms. The Morgan fingerprint density at radius 2 is 2.44 bits per heavy atom. The number of thiazole rings is 1. The van der Waals surface area contributed by atoms with Gasteiger partial charge >= 0.3 is 5.97 Å². The maximum atomic E-state index is 11.6. The summed E-state index contributed by atoms with van der Waals surface area (Å²) < 4.78 is 4.90. The zero-order chi connectivity index (χ0) is 12.2. The summed E-state index contributed by atoms with van der Waals surface area (Å²) in [6.07, 6.45) is 2.06. The van der Waals surface area contributed by atoms with E-state index in [0.717, 1.165) is 9.88 Å². The summed E-state index contributed by atoms with van der Waals surface area (Å²) in [5, 5.41) is 10.0. The van der Waals surface area contributed by atoms with Crippen molar-refractivity contribution in [1.82, 2.24) is 4.98 Å². The van der Waals surface area contributed by atoms with Crippen molar-refractivity contribution in [2.24, 2.45) is 5.41 Å². The van der Waals surface area contributed by atoms with Crippen molar-refractivity contribution in [3.63, 3.8) is 0 Å². The van der Waals surface area contributed by atoms with E-state index in [1.54, 1.807) is 20.0 Å². The largest absolute Gasteiger partial charge is 0.465 e. The molecule has 0 aromatic carbocycles. The number of aryl methyl sites for hydroxylation is 1. The SMILES string of the molecule is CCOC(=O)C(C)(C#N)Cc1cnc(C)s1. The predicted octanol–water partition coefficient (Wildman–Crippen LogP) is 2.09. The van der Waals surface area contributed by atoms with Gasteiger partial charge in [-0.1, -0.05) is 0 Å². The van der Waals surface area contributed by atoms with Crippen LogP contribution in [0.2, 0.25) is 0 Å². The lowest BCUT2D eigenvalue weighted by molar-refractivity contribution is -0.151. The zero-order valence-electron chi connectivity index (χ0n) is 9.61. The van der Waals surface area contributed by atoms with Gasteiger partial charge in [-0.2, -0.15) is 5.26 Å². The third-order valence-electron chi connectivity index (χ3n) is 2.17. The summed E-state index contributed by atoms with van der Waals surface area (Å²) in [6.45, 7) is 5.51. The molecule has 1 atom stereocenters. The summed E-state index contributed by atoms with van der Waals surface area (Å²) in [6, 6.07) is 2.03. The van der Waals surface area contributed by atoms with Gasteiger partial charge in [0.1, 0.15) is 0 Å². The van der Waals surface area contributed by atoms with Crippen LogP contribution < -0.4 is 0 Å². The van der Waals surface area contributed by atoms with Crippen molar-refractivity contribution < 1.29 is 9.53 Å². The fourth-order valence-electron chi connectivity index (χ4n) is 1.28. The van der Waals surface area contributed by atoms with Crippen LogP contribution in [0.4, 0.5) is 0 Å². The zero-order valence-corrected chi connectivity index (χ0v) is 10.4. The van der Waals surface area contributed by atoms with Crippen LogP contribution in [0.5, 0.6) is 0 Å². The molecule has 1 aromatic rings. The van der Waals surface area contributed by atoms with Gasteiger partial charge in [0, 0.05) is 17.5 Å². The molecule has 1 heterocycles. The minimum Gasteiger partial charge on any atom is -0.465 e. The maximum absolute atomic E-state index is 11.6. The van der Waals surface area contributed by atoms with Crippen LogP contribution in [0, 0.1) is 23.7 Å². The smallest absolute Gasteiger partial charge is 0.326 e. The Morgan fingerprint density at radius 3 is 2.88 bits per heavy atom. The van der Waals surface area contributed by atoms with Crippen molar-refractivity contribution in [2.45, 2.75) is 27.2 Å². The molecule has 1 rings (SSSR count). The Balaban J connectivity index is 2.82. The van der Waals surface area contributed by atoms with Gasteiger partial charge in [0.2, 0.25) is 0 Å². The molecule has 0 saturated carbocycles. The van der Waals surface area contributed by atoms with E-state index in [1.807, 2.05) is 13.0 Å². The predicted molar refractivity (Wildman–Crippen MR) is 60.9 cm³/mol. The summed E-state index contributed by atoms with van der Waals surface area (Å²) in [7, 11) is 0. The first-order chi connectivity index (χ1) is 7.51. The van der Waals surface area contributed by atoms with Gasteiger partial charge < -0.3 is 4.74 Å². The summed E-state index contributed by atoms with van der Waals surface area (Å²) in [5.41, 5.74) is -1.12. The van der Waals surface area contributed by atoms with Crippen molar-refractivity contribution in [3.8, 4) is 6.07 Å². The van der Waals surface area contributed by atoms with Gasteiger partial charge in [0.15, 0.2) is 5.41 Å². The van der Waals surface area contributed by atoms with E-state index in [1.165, 1.54) is 11.3 Å². The Morgan fingerprint density at radius 1 is 1.75 bits per heavy atom. The van der Waals surface area contributed by atoms with Gasteiger partial charge in [-0.25, -0.2) is 4.98 Å². The highest BCUT2D eigenvalue weighted by Gasteiger charge is 2.35.